The van der Waals surface area contributed by atoms with Gasteiger partial charge in [-0.1, -0.05) is 23.7 Å². The van der Waals surface area contributed by atoms with Gasteiger partial charge in [0.15, 0.2) is 5.65 Å². The Labute approximate surface area is 135 Å². The Balaban J connectivity index is 0.000000174. The summed E-state index contributed by atoms with van der Waals surface area (Å²) in [7, 11) is 1.60. The zero-order valence-corrected chi connectivity index (χ0v) is 13.2. The van der Waals surface area contributed by atoms with E-state index in [0.717, 1.165) is 4.57 Å². The molecule has 1 aromatic carbocycles. The molecule has 2 heterocycles. The minimum Gasteiger partial charge on any atom is -0.423 e. The third-order valence-corrected chi connectivity index (χ3v) is 3.45. The maximum absolute atomic E-state index is 11.4. The van der Waals surface area contributed by atoms with E-state index in [1.807, 2.05) is 0 Å². The molecular weight excluding hydrogens is 322 g/mol. The number of nitrogens with one attached hydrogen (secondary N) is 1. The molecule has 0 amide bonds. The highest BCUT2D eigenvalue weighted by Gasteiger charge is 2.09. The van der Waals surface area contributed by atoms with Crippen LogP contribution >= 0.6 is 11.6 Å². The molecule has 3 rings (SSSR count). The molecule has 0 saturated heterocycles. The molecule has 0 aliphatic rings. The highest BCUT2D eigenvalue weighted by molar-refractivity contribution is 6.58. The maximum atomic E-state index is 11.4. The molecule has 0 bridgehead atoms. The van der Waals surface area contributed by atoms with Gasteiger partial charge in [-0.25, -0.2) is 9.78 Å². The van der Waals surface area contributed by atoms with E-state index in [9.17, 15) is 9.59 Å². The third-order valence-electron chi connectivity index (χ3n) is 3.20. The third kappa shape index (κ3) is 3.53. The Morgan fingerprint density at radius 1 is 1.13 bits per heavy atom. The first kappa shape index (κ1) is 17.0. The molecule has 0 atom stereocenters. The summed E-state index contributed by atoms with van der Waals surface area (Å²) in [4.78, 5) is 29.4. The molecule has 0 saturated carbocycles. The highest BCUT2D eigenvalue weighted by atomic mass is 35.5. The van der Waals surface area contributed by atoms with E-state index in [0.29, 0.717) is 21.6 Å². The monoisotopic (exact) mass is 336 g/mol. The SMILES string of the molecule is Cn1c(=O)c2[nH]cnc2n(C)c1=O.OB(O)c1ccc(Cl)cc1. The van der Waals surface area contributed by atoms with E-state index >= 15 is 0 Å². The van der Waals surface area contributed by atoms with E-state index in [1.165, 1.54) is 17.9 Å². The van der Waals surface area contributed by atoms with Crippen LogP contribution in [0.1, 0.15) is 0 Å². The molecule has 8 nitrogen and oxygen atoms in total. The van der Waals surface area contributed by atoms with Gasteiger partial charge in [-0.15, -0.1) is 0 Å². The number of aromatic amines is 1. The van der Waals surface area contributed by atoms with E-state index in [4.69, 9.17) is 21.6 Å². The lowest BCUT2D eigenvalue weighted by molar-refractivity contribution is 0.426. The number of aryl methyl sites for hydroxylation is 1. The predicted octanol–water partition coefficient (Wildman–Crippen LogP) is -1.02. The van der Waals surface area contributed by atoms with E-state index < -0.39 is 7.12 Å². The van der Waals surface area contributed by atoms with Crippen LogP contribution in [0.15, 0.2) is 40.2 Å². The number of benzene rings is 1. The van der Waals surface area contributed by atoms with Crippen LogP contribution < -0.4 is 16.7 Å². The van der Waals surface area contributed by atoms with Gasteiger partial charge in [0.1, 0.15) is 5.52 Å². The average Bonchev–Trinajstić information content (AvgIpc) is 3.02. The van der Waals surface area contributed by atoms with Crippen LogP contribution in [0.5, 0.6) is 0 Å². The van der Waals surface area contributed by atoms with Crippen molar-refractivity contribution in [3.63, 3.8) is 0 Å². The second kappa shape index (κ2) is 6.82. The van der Waals surface area contributed by atoms with Gasteiger partial charge in [0.2, 0.25) is 0 Å². The molecule has 23 heavy (non-hydrogen) atoms. The van der Waals surface area contributed by atoms with E-state index in [1.54, 1.807) is 31.3 Å². The molecule has 10 heteroatoms. The molecular formula is C13H14BClN4O4. The highest BCUT2D eigenvalue weighted by Crippen LogP contribution is 2.03. The Morgan fingerprint density at radius 3 is 2.30 bits per heavy atom. The summed E-state index contributed by atoms with van der Waals surface area (Å²) in [6, 6.07) is 6.34. The van der Waals surface area contributed by atoms with Crippen molar-refractivity contribution in [2.75, 3.05) is 0 Å². The summed E-state index contributed by atoms with van der Waals surface area (Å²) in [5.41, 5.74) is 0.460. The van der Waals surface area contributed by atoms with Gasteiger partial charge >= 0.3 is 12.8 Å². The smallest absolute Gasteiger partial charge is 0.423 e. The van der Waals surface area contributed by atoms with Crippen LogP contribution in [-0.2, 0) is 14.1 Å². The molecule has 0 aliphatic heterocycles. The van der Waals surface area contributed by atoms with Crippen molar-refractivity contribution >= 4 is 35.3 Å². The standard InChI is InChI=1S/C7H8N4O2.C6H6BClO2/c1-10-5-4(8-3-9-5)6(12)11(2)7(10)13;8-6-3-1-5(2-4-6)7(9)10/h3H,1-2H3,(H,8,9);1-4,9-10H. The van der Waals surface area contributed by atoms with Crippen molar-refractivity contribution in [2.45, 2.75) is 0 Å². The van der Waals surface area contributed by atoms with Crippen molar-refractivity contribution in [1.82, 2.24) is 19.1 Å². The van der Waals surface area contributed by atoms with Crippen molar-refractivity contribution in [3.8, 4) is 0 Å². The van der Waals surface area contributed by atoms with Gasteiger partial charge in [0.05, 0.1) is 6.33 Å². The van der Waals surface area contributed by atoms with Crippen LogP contribution in [0.25, 0.3) is 11.2 Å². The first-order valence-electron chi connectivity index (χ1n) is 6.53. The normalized spacial score (nSPS) is 10.3. The topological polar surface area (TPSA) is 113 Å². The molecule has 0 radical (unpaired) electrons. The van der Waals surface area contributed by atoms with Crippen LogP contribution in [0.3, 0.4) is 0 Å². The number of fused-ring (bicyclic) bond motifs is 1. The Bertz CT molecular complexity index is 930. The molecule has 0 spiro atoms. The summed E-state index contributed by atoms with van der Waals surface area (Å²) in [5, 5.41) is 17.8. The van der Waals surface area contributed by atoms with Gasteiger partial charge in [0.25, 0.3) is 5.56 Å². The van der Waals surface area contributed by atoms with Crippen LogP contribution in [0, 0.1) is 0 Å². The lowest BCUT2D eigenvalue weighted by Crippen LogP contribution is -2.36. The van der Waals surface area contributed by atoms with Crippen LogP contribution in [-0.4, -0.2) is 36.3 Å². The van der Waals surface area contributed by atoms with Gasteiger partial charge in [-0.3, -0.25) is 13.9 Å². The second-order valence-electron chi connectivity index (χ2n) is 4.73. The number of halogens is 1. The molecule has 0 unspecified atom stereocenters. The zero-order chi connectivity index (χ0) is 17.1. The molecule has 120 valence electrons. The van der Waals surface area contributed by atoms with Gasteiger partial charge < -0.3 is 15.0 Å². The Kier molecular flexibility index (Phi) is 5.04. The van der Waals surface area contributed by atoms with Crippen molar-refractivity contribution < 1.29 is 10.0 Å². The van der Waals surface area contributed by atoms with Gasteiger partial charge in [0, 0.05) is 19.1 Å². The lowest BCUT2D eigenvalue weighted by Gasteiger charge is -2.00. The molecule has 3 N–H and O–H groups in total. The number of H-pyrrole nitrogens is 1. The van der Waals surface area contributed by atoms with E-state index in [2.05, 4.69) is 9.97 Å². The Morgan fingerprint density at radius 2 is 1.74 bits per heavy atom. The van der Waals surface area contributed by atoms with Crippen LogP contribution in [0.2, 0.25) is 5.02 Å². The minimum atomic E-state index is -1.41. The minimum absolute atomic E-state index is 0.351. The summed E-state index contributed by atoms with van der Waals surface area (Å²) in [5.74, 6) is 0. The fraction of sp³-hybridized carbons (Fsp3) is 0.154. The second-order valence-corrected chi connectivity index (χ2v) is 5.17. The summed E-state index contributed by atoms with van der Waals surface area (Å²) < 4.78 is 2.37. The number of hydrogen-bond donors (Lipinski definition) is 3. The largest absolute Gasteiger partial charge is 0.488 e. The quantitative estimate of drug-likeness (QED) is 0.492. The first-order valence-corrected chi connectivity index (χ1v) is 6.91. The van der Waals surface area contributed by atoms with E-state index in [-0.39, 0.29) is 11.2 Å². The number of imidazole rings is 1. The number of aromatic nitrogens is 4. The van der Waals surface area contributed by atoms with Crippen molar-refractivity contribution in [3.05, 3.63) is 56.5 Å². The summed E-state index contributed by atoms with van der Waals surface area (Å²) in [6.45, 7) is 0. The fourth-order valence-corrected chi connectivity index (χ4v) is 2.03. The van der Waals surface area contributed by atoms with Gasteiger partial charge in [-0.2, -0.15) is 0 Å². The number of nitrogens with zero attached hydrogens (tertiary/aromatic N) is 3. The molecule has 0 aliphatic carbocycles. The van der Waals surface area contributed by atoms with Crippen molar-refractivity contribution in [1.29, 1.82) is 0 Å². The molecule has 0 fully saturated rings. The number of hydrogen-bond acceptors (Lipinski definition) is 5. The van der Waals surface area contributed by atoms with Crippen molar-refractivity contribution in [2.24, 2.45) is 14.1 Å². The summed E-state index contributed by atoms with van der Waals surface area (Å²) >= 11 is 5.55. The fourth-order valence-electron chi connectivity index (χ4n) is 1.90. The Hall–Kier alpha value is -2.36. The summed E-state index contributed by atoms with van der Waals surface area (Å²) in [6.07, 6.45) is 1.39. The van der Waals surface area contributed by atoms with Crippen LogP contribution in [0.4, 0.5) is 0 Å². The molecule has 2 aromatic heterocycles. The lowest BCUT2D eigenvalue weighted by atomic mass is 9.81. The average molecular weight is 337 g/mol. The number of rotatable bonds is 1. The van der Waals surface area contributed by atoms with Gasteiger partial charge in [-0.05, 0) is 17.6 Å². The maximum Gasteiger partial charge on any atom is 0.488 e. The predicted molar refractivity (Wildman–Crippen MR) is 87.9 cm³/mol. The first-order chi connectivity index (χ1) is 10.8. The molecule has 3 aromatic rings. The zero-order valence-electron chi connectivity index (χ0n) is 12.4.